The topological polar surface area (TPSA) is 69.7 Å². The van der Waals surface area contributed by atoms with Crippen molar-refractivity contribution in [1.29, 1.82) is 0 Å². The summed E-state index contributed by atoms with van der Waals surface area (Å²) in [7, 11) is -3.55. The highest BCUT2D eigenvalue weighted by Crippen LogP contribution is 2.28. The Labute approximate surface area is 178 Å². The van der Waals surface area contributed by atoms with Crippen LogP contribution in [0.4, 0.5) is 0 Å². The number of piperazine rings is 1. The molecular weight excluding hydrogens is 398 g/mol. The van der Waals surface area contributed by atoms with Crippen LogP contribution in [0.2, 0.25) is 0 Å². The van der Waals surface area contributed by atoms with E-state index in [1.807, 2.05) is 56.3 Å². The van der Waals surface area contributed by atoms with Gasteiger partial charge in [0.2, 0.25) is 15.9 Å². The molecule has 1 atom stereocenters. The molecule has 4 rings (SSSR count). The molecule has 1 amide bonds. The quantitative estimate of drug-likeness (QED) is 0.770. The van der Waals surface area contributed by atoms with Gasteiger partial charge in [0.05, 0.1) is 4.90 Å². The van der Waals surface area contributed by atoms with Gasteiger partial charge in [-0.3, -0.25) is 9.69 Å². The number of rotatable bonds is 6. The monoisotopic (exact) mass is 427 g/mol. The fourth-order valence-electron chi connectivity index (χ4n) is 4.00. The van der Waals surface area contributed by atoms with Gasteiger partial charge in [0.1, 0.15) is 6.04 Å². The minimum absolute atomic E-state index is 0.00883. The van der Waals surface area contributed by atoms with E-state index in [0.29, 0.717) is 31.1 Å². The molecule has 1 N–H and O–H groups in total. The summed E-state index contributed by atoms with van der Waals surface area (Å²) in [4.78, 5) is 15.5. The lowest BCUT2D eigenvalue weighted by molar-refractivity contribution is -0.127. The van der Waals surface area contributed by atoms with Crippen LogP contribution in [0, 0.1) is 13.8 Å². The zero-order valence-corrected chi connectivity index (χ0v) is 18.4. The third kappa shape index (κ3) is 4.43. The van der Waals surface area contributed by atoms with E-state index in [1.165, 1.54) is 0 Å². The highest BCUT2D eigenvalue weighted by molar-refractivity contribution is 7.89. The number of benzene rings is 2. The molecule has 160 valence electrons. The highest BCUT2D eigenvalue weighted by atomic mass is 32.2. The zero-order chi connectivity index (χ0) is 21.3. The third-order valence-corrected chi connectivity index (χ3v) is 7.93. The zero-order valence-electron chi connectivity index (χ0n) is 17.5. The van der Waals surface area contributed by atoms with Crippen molar-refractivity contribution in [3.63, 3.8) is 0 Å². The van der Waals surface area contributed by atoms with Crippen molar-refractivity contribution in [3.8, 4) is 0 Å². The van der Waals surface area contributed by atoms with E-state index < -0.39 is 16.1 Å². The largest absolute Gasteiger partial charge is 0.352 e. The molecule has 1 saturated carbocycles. The Morgan fingerprint density at radius 2 is 1.67 bits per heavy atom. The molecule has 1 heterocycles. The van der Waals surface area contributed by atoms with Crippen molar-refractivity contribution in [1.82, 2.24) is 14.5 Å². The van der Waals surface area contributed by atoms with Gasteiger partial charge in [0.15, 0.2) is 0 Å². The second-order valence-electron chi connectivity index (χ2n) is 8.31. The molecule has 6 nitrogen and oxygen atoms in total. The lowest BCUT2D eigenvalue weighted by Gasteiger charge is -2.38. The van der Waals surface area contributed by atoms with Crippen molar-refractivity contribution in [2.75, 3.05) is 26.2 Å². The predicted molar refractivity (Wildman–Crippen MR) is 117 cm³/mol. The number of nitrogens with one attached hydrogen (secondary N) is 1. The summed E-state index contributed by atoms with van der Waals surface area (Å²) in [6.45, 7) is 5.50. The van der Waals surface area contributed by atoms with Crippen LogP contribution in [-0.4, -0.2) is 55.8 Å². The molecule has 0 unspecified atom stereocenters. The van der Waals surface area contributed by atoms with Crippen molar-refractivity contribution < 1.29 is 13.2 Å². The maximum atomic E-state index is 13.2. The van der Waals surface area contributed by atoms with E-state index in [1.54, 1.807) is 10.4 Å². The van der Waals surface area contributed by atoms with Gasteiger partial charge in [-0.2, -0.15) is 4.31 Å². The number of nitrogens with zero attached hydrogens (tertiary/aromatic N) is 2. The minimum Gasteiger partial charge on any atom is -0.352 e. The number of aryl methyl sites for hydroxylation is 2. The number of carbonyl (C=O) groups is 1. The Kier molecular flexibility index (Phi) is 5.95. The summed E-state index contributed by atoms with van der Waals surface area (Å²) in [5.74, 6) is 0.00883. The number of hydrogen-bond acceptors (Lipinski definition) is 4. The average Bonchev–Trinajstić information content (AvgIpc) is 3.55. The van der Waals surface area contributed by atoms with Crippen LogP contribution in [0.25, 0.3) is 0 Å². The molecule has 30 heavy (non-hydrogen) atoms. The van der Waals surface area contributed by atoms with E-state index in [2.05, 4.69) is 10.2 Å². The number of amides is 1. The maximum Gasteiger partial charge on any atom is 0.243 e. The standard InChI is InChI=1S/C23H29N3O3S/c1-17-8-9-18(2)21(16-17)30(28,29)26-14-12-25(13-15-26)22(19-6-4-3-5-7-19)23(27)24-20-10-11-20/h3-9,16,20,22H,10-15H2,1-2H3,(H,24,27)/t22-/m1/s1. The molecule has 2 aromatic rings. The van der Waals surface area contributed by atoms with Gasteiger partial charge >= 0.3 is 0 Å². The third-order valence-electron chi connectivity index (χ3n) is 5.89. The first-order valence-electron chi connectivity index (χ1n) is 10.5. The van der Waals surface area contributed by atoms with Crippen LogP contribution in [0.3, 0.4) is 0 Å². The molecule has 0 spiro atoms. The summed E-state index contributed by atoms with van der Waals surface area (Å²) < 4.78 is 28.0. The van der Waals surface area contributed by atoms with E-state index in [0.717, 1.165) is 29.5 Å². The van der Waals surface area contributed by atoms with Crippen LogP contribution in [0.15, 0.2) is 53.4 Å². The van der Waals surface area contributed by atoms with Gasteiger partial charge in [-0.05, 0) is 49.4 Å². The molecule has 7 heteroatoms. The summed E-state index contributed by atoms with van der Waals surface area (Å²) in [6.07, 6.45) is 2.07. The Balaban J connectivity index is 1.51. The smallest absolute Gasteiger partial charge is 0.243 e. The Hall–Kier alpha value is -2.22. The number of hydrogen-bond donors (Lipinski definition) is 1. The summed E-state index contributed by atoms with van der Waals surface area (Å²) in [6, 6.07) is 15.2. The fourth-order valence-corrected chi connectivity index (χ4v) is 5.73. The van der Waals surface area contributed by atoms with Crippen molar-refractivity contribution >= 4 is 15.9 Å². The Morgan fingerprint density at radius 1 is 1.00 bits per heavy atom. The van der Waals surface area contributed by atoms with Crippen LogP contribution >= 0.6 is 0 Å². The van der Waals surface area contributed by atoms with Crippen LogP contribution in [0.5, 0.6) is 0 Å². The molecule has 2 aromatic carbocycles. The second kappa shape index (κ2) is 8.49. The molecule has 0 bridgehead atoms. The van der Waals surface area contributed by atoms with E-state index in [9.17, 15) is 13.2 Å². The average molecular weight is 428 g/mol. The van der Waals surface area contributed by atoms with Crippen LogP contribution < -0.4 is 5.32 Å². The Bertz CT molecular complexity index is 1010. The first-order chi connectivity index (χ1) is 14.4. The normalized spacial score (nSPS) is 19.4. The molecule has 2 aliphatic rings. The molecular formula is C23H29N3O3S. The highest BCUT2D eigenvalue weighted by Gasteiger charge is 2.36. The van der Waals surface area contributed by atoms with Crippen molar-refractivity contribution in [3.05, 3.63) is 65.2 Å². The fraction of sp³-hybridized carbons (Fsp3) is 0.435. The Morgan fingerprint density at radius 3 is 2.30 bits per heavy atom. The molecule has 1 aliphatic heterocycles. The number of carbonyl (C=O) groups excluding carboxylic acids is 1. The van der Waals surface area contributed by atoms with Gasteiger partial charge in [0.25, 0.3) is 0 Å². The number of sulfonamides is 1. The minimum atomic E-state index is -3.55. The van der Waals surface area contributed by atoms with Gasteiger partial charge in [-0.1, -0.05) is 42.5 Å². The summed E-state index contributed by atoms with van der Waals surface area (Å²) >= 11 is 0. The SMILES string of the molecule is Cc1ccc(C)c(S(=O)(=O)N2CCN([C@@H](C(=O)NC3CC3)c3ccccc3)CC2)c1. The molecule has 1 saturated heterocycles. The van der Waals surface area contributed by atoms with Gasteiger partial charge < -0.3 is 5.32 Å². The van der Waals surface area contributed by atoms with E-state index in [-0.39, 0.29) is 11.9 Å². The van der Waals surface area contributed by atoms with Gasteiger partial charge in [-0.25, -0.2) is 8.42 Å². The van der Waals surface area contributed by atoms with E-state index >= 15 is 0 Å². The first-order valence-corrected chi connectivity index (χ1v) is 12.0. The van der Waals surface area contributed by atoms with Crippen molar-refractivity contribution in [2.45, 2.75) is 43.7 Å². The lowest BCUT2D eigenvalue weighted by Crippen LogP contribution is -2.52. The first kappa shape index (κ1) is 21.0. The summed E-state index contributed by atoms with van der Waals surface area (Å²) in [5.41, 5.74) is 2.63. The van der Waals surface area contributed by atoms with Gasteiger partial charge in [0, 0.05) is 32.2 Å². The van der Waals surface area contributed by atoms with Crippen LogP contribution in [0.1, 0.15) is 35.6 Å². The van der Waals surface area contributed by atoms with Crippen LogP contribution in [-0.2, 0) is 14.8 Å². The van der Waals surface area contributed by atoms with Crippen molar-refractivity contribution in [2.24, 2.45) is 0 Å². The summed E-state index contributed by atoms with van der Waals surface area (Å²) in [5, 5.41) is 3.12. The predicted octanol–water partition coefficient (Wildman–Crippen LogP) is 2.63. The molecule has 0 radical (unpaired) electrons. The maximum absolute atomic E-state index is 13.2. The molecule has 1 aliphatic carbocycles. The molecule has 2 fully saturated rings. The lowest BCUT2D eigenvalue weighted by atomic mass is 10.0. The second-order valence-corrected chi connectivity index (χ2v) is 10.2. The molecule has 0 aromatic heterocycles. The van der Waals surface area contributed by atoms with E-state index in [4.69, 9.17) is 0 Å². The van der Waals surface area contributed by atoms with Gasteiger partial charge in [-0.15, -0.1) is 0 Å².